The van der Waals surface area contributed by atoms with Crippen LogP contribution in [0.5, 0.6) is 0 Å². The van der Waals surface area contributed by atoms with E-state index in [0.717, 1.165) is 45.2 Å². The van der Waals surface area contributed by atoms with Crippen molar-refractivity contribution >= 4 is 28.3 Å². The van der Waals surface area contributed by atoms with Crippen molar-refractivity contribution in [2.24, 2.45) is 12.5 Å². The molecule has 0 atom stereocenters. The van der Waals surface area contributed by atoms with Gasteiger partial charge in [-0.1, -0.05) is 13.3 Å². The van der Waals surface area contributed by atoms with Crippen LogP contribution in [0.1, 0.15) is 49.5 Å². The maximum atomic E-state index is 12.8. The number of rotatable bonds is 5. The van der Waals surface area contributed by atoms with E-state index in [9.17, 15) is 13.2 Å². The Balaban J connectivity index is 0.00000261. The van der Waals surface area contributed by atoms with Gasteiger partial charge in [-0.15, -0.1) is 12.4 Å². The van der Waals surface area contributed by atoms with Gasteiger partial charge in [0.05, 0.1) is 0 Å². The molecular formula is C18H31ClN4O3S. The minimum atomic E-state index is -3.52. The molecule has 0 radical (unpaired) electrons. The molecule has 9 heteroatoms. The lowest BCUT2D eigenvalue weighted by molar-refractivity contribution is 0.0914. The van der Waals surface area contributed by atoms with Crippen LogP contribution >= 0.6 is 12.4 Å². The van der Waals surface area contributed by atoms with Crippen LogP contribution in [0.25, 0.3) is 0 Å². The summed E-state index contributed by atoms with van der Waals surface area (Å²) in [4.78, 5) is 12.8. The first-order valence-electron chi connectivity index (χ1n) is 9.47. The van der Waals surface area contributed by atoms with Crippen molar-refractivity contribution in [1.29, 1.82) is 0 Å². The molecule has 0 aromatic carbocycles. The highest BCUT2D eigenvalue weighted by Crippen LogP contribution is 2.27. The SMILES string of the molecule is Cl.Cn1cc(S(=O)(=O)N2CCCCC2)cc1C(=O)NCC1(C)CCNCC1. The molecule has 2 saturated heterocycles. The quantitative estimate of drug-likeness (QED) is 0.762. The Kier molecular flexibility index (Phi) is 7.35. The highest BCUT2D eigenvalue weighted by molar-refractivity contribution is 7.89. The van der Waals surface area contributed by atoms with Crippen molar-refractivity contribution in [3.63, 3.8) is 0 Å². The first kappa shape index (κ1) is 22.2. The summed E-state index contributed by atoms with van der Waals surface area (Å²) in [7, 11) is -1.80. The number of aromatic nitrogens is 1. The molecule has 2 aliphatic heterocycles. The van der Waals surface area contributed by atoms with Gasteiger partial charge in [0.25, 0.3) is 5.91 Å². The molecule has 0 bridgehead atoms. The Labute approximate surface area is 168 Å². The Hall–Kier alpha value is -1.09. The number of hydrogen-bond donors (Lipinski definition) is 2. The van der Waals surface area contributed by atoms with Gasteiger partial charge in [0.1, 0.15) is 10.6 Å². The zero-order valence-corrected chi connectivity index (χ0v) is 17.8. The van der Waals surface area contributed by atoms with Crippen molar-refractivity contribution in [1.82, 2.24) is 19.5 Å². The minimum absolute atomic E-state index is 0. The van der Waals surface area contributed by atoms with Crippen LogP contribution in [0.2, 0.25) is 0 Å². The summed E-state index contributed by atoms with van der Waals surface area (Å²) < 4.78 is 28.8. The van der Waals surface area contributed by atoms with E-state index in [2.05, 4.69) is 17.6 Å². The standard InChI is InChI=1S/C18H30N4O3S.ClH/c1-18(6-8-19-9-7-18)14-20-17(23)16-12-15(13-21(16)2)26(24,25)22-10-4-3-5-11-22;/h12-13,19H,3-11,14H2,1-2H3,(H,20,23);1H. The number of carbonyl (C=O) groups excluding carboxylic acids is 1. The minimum Gasteiger partial charge on any atom is -0.350 e. The Morgan fingerprint density at radius 3 is 2.48 bits per heavy atom. The number of aryl methyl sites for hydroxylation is 1. The van der Waals surface area contributed by atoms with E-state index < -0.39 is 10.0 Å². The van der Waals surface area contributed by atoms with Gasteiger partial charge in [0, 0.05) is 32.9 Å². The molecule has 1 aromatic rings. The van der Waals surface area contributed by atoms with E-state index in [1.165, 1.54) is 10.4 Å². The van der Waals surface area contributed by atoms with Crippen molar-refractivity contribution in [3.05, 3.63) is 18.0 Å². The highest BCUT2D eigenvalue weighted by atomic mass is 35.5. The monoisotopic (exact) mass is 418 g/mol. The van der Waals surface area contributed by atoms with Crippen molar-refractivity contribution < 1.29 is 13.2 Å². The maximum absolute atomic E-state index is 12.8. The van der Waals surface area contributed by atoms with Crippen LogP contribution in [0.15, 0.2) is 17.2 Å². The second-order valence-corrected chi connectivity index (χ2v) is 9.82. The van der Waals surface area contributed by atoms with Gasteiger partial charge in [-0.2, -0.15) is 4.31 Å². The molecule has 0 saturated carbocycles. The summed E-state index contributed by atoms with van der Waals surface area (Å²) in [6.45, 7) is 5.85. The third kappa shape index (κ3) is 5.04. The molecule has 27 heavy (non-hydrogen) atoms. The predicted octanol–water partition coefficient (Wildman–Crippen LogP) is 1.74. The lowest BCUT2D eigenvalue weighted by atomic mass is 9.81. The average Bonchev–Trinajstić information content (AvgIpc) is 3.04. The van der Waals surface area contributed by atoms with Crippen LogP contribution in [0.3, 0.4) is 0 Å². The Morgan fingerprint density at radius 1 is 1.22 bits per heavy atom. The summed E-state index contributed by atoms with van der Waals surface area (Å²) >= 11 is 0. The molecule has 154 valence electrons. The number of halogens is 1. The van der Waals surface area contributed by atoms with Gasteiger partial charge < -0.3 is 15.2 Å². The molecule has 0 unspecified atom stereocenters. The number of nitrogens with zero attached hydrogens (tertiary/aromatic N) is 2. The van der Waals surface area contributed by atoms with Gasteiger partial charge >= 0.3 is 0 Å². The predicted molar refractivity (Wildman–Crippen MR) is 108 cm³/mol. The summed E-state index contributed by atoms with van der Waals surface area (Å²) in [5.41, 5.74) is 0.479. The van der Waals surface area contributed by atoms with Gasteiger partial charge in [0.2, 0.25) is 10.0 Å². The number of carbonyl (C=O) groups is 1. The Bertz CT molecular complexity index is 751. The van der Waals surface area contributed by atoms with Crippen LogP contribution in [-0.4, -0.2) is 55.9 Å². The van der Waals surface area contributed by atoms with E-state index >= 15 is 0 Å². The fraction of sp³-hybridized carbons (Fsp3) is 0.722. The number of hydrogen-bond acceptors (Lipinski definition) is 4. The first-order valence-corrected chi connectivity index (χ1v) is 10.9. The second kappa shape index (κ2) is 8.94. The van der Waals surface area contributed by atoms with Gasteiger partial charge in [-0.3, -0.25) is 4.79 Å². The van der Waals surface area contributed by atoms with Gasteiger partial charge in [0.15, 0.2) is 0 Å². The van der Waals surface area contributed by atoms with Crippen LogP contribution in [-0.2, 0) is 17.1 Å². The zero-order valence-electron chi connectivity index (χ0n) is 16.2. The largest absolute Gasteiger partial charge is 0.350 e. The third-order valence-corrected chi connectivity index (χ3v) is 7.52. The van der Waals surface area contributed by atoms with E-state index in [0.29, 0.717) is 25.3 Å². The van der Waals surface area contributed by atoms with E-state index in [4.69, 9.17) is 0 Å². The van der Waals surface area contributed by atoms with Crippen molar-refractivity contribution in [2.45, 2.75) is 43.9 Å². The van der Waals surface area contributed by atoms with E-state index in [1.807, 2.05) is 0 Å². The molecule has 0 aliphatic carbocycles. The normalized spacial score (nSPS) is 20.7. The second-order valence-electron chi connectivity index (χ2n) is 7.88. The third-order valence-electron chi connectivity index (χ3n) is 5.65. The lowest BCUT2D eigenvalue weighted by Gasteiger charge is -2.34. The smallest absolute Gasteiger partial charge is 0.267 e. The summed E-state index contributed by atoms with van der Waals surface area (Å²) in [6.07, 6.45) is 6.46. The van der Waals surface area contributed by atoms with E-state index in [-0.39, 0.29) is 28.6 Å². The first-order chi connectivity index (χ1) is 12.3. The molecule has 2 fully saturated rings. The average molecular weight is 419 g/mol. The molecule has 3 rings (SSSR count). The van der Waals surface area contributed by atoms with Crippen molar-refractivity contribution in [3.8, 4) is 0 Å². The van der Waals surface area contributed by atoms with Gasteiger partial charge in [-0.25, -0.2) is 8.42 Å². The van der Waals surface area contributed by atoms with Crippen molar-refractivity contribution in [2.75, 3.05) is 32.7 Å². The summed E-state index contributed by atoms with van der Waals surface area (Å²) in [6, 6.07) is 1.50. The fourth-order valence-corrected chi connectivity index (χ4v) is 5.34. The molecule has 1 amide bonds. The van der Waals surface area contributed by atoms with Crippen LogP contribution in [0.4, 0.5) is 0 Å². The number of piperidine rings is 2. The maximum Gasteiger partial charge on any atom is 0.267 e. The molecule has 2 aliphatic rings. The fourth-order valence-electron chi connectivity index (χ4n) is 3.75. The van der Waals surface area contributed by atoms with Crippen LogP contribution < -0.4 is 10.6 Å². The van der Waals surface area contributed by atoms with Gasteiger partial charge in [-0.05, 0) is 50.3 Å². The Morgan fingerprint density at radius 2 is 1.85 bits per heavy atom. The molecule has 0 spiro atoms. The van der Waals surface area contributed by atoms with Crippen LogP contribution in [0, 0.1) is 5.41 Å². The molecule has 2 N–H and O–H groups in total. The summed E-state index contributed by atoms with van der Waals surface area (Å²) in [5.74, 6) is -0.215. The molecule has 1 aromatic heterocycles. The lowest BCUT2D eigenvalue weighted by Crippen LogP contribution is -2.43. The number of nitrogens with one attached hydrogen (secondary N) is 2. The highest BCUT2D eigenvalue weighted by Gasteiger charge is 2.30. The molecule has 3 heterocycles. The number of sulfonamides is 1. The molecular weight excluding hydrogens is 388 g/mol. The molecule has 7 nitrogen and oxygen atoms in total. The number of amides is 1. The zero-order chi connectivity index (χ0) is 18.8. The van der Waals surface area contributed by atoms with E-state index in [1.54, 1.807) is 17.8 Å². The topological polar surface area (TPSA) is 83.4 Å². The summed E-state index contributed by atoms with van der Waals surface area (Å²) in [5, 5.41) is 6.33.